The molecule has 194 valence electrons. The highest BCUT2D eigenvalue weighted by Crippen LogP contribution is 2.41. The number of unbranched alkanes of at least 4 members (excludes halogenated alkanes) is 1. The Hall–Kier alpha value is -0.166. The molecule has 2 nitrogen and oxygen atoms in total. The maximum atomic E-state index is 7.04. The Labute approximate surface area is 210 Å². The minimum atomic E-state index is -1.79. The Kier molecular flexibility index (Phi) is 12.9. The molecule has 1 rings (SSSR count). The molecule has 0 radical (unpaired) electrons. The van der Waals surface area contributed by atoms with Crippen LogP contribution in [0.1, 0.15) is 100 Å². The molecule has 1 aliphatic rings. The molecular weight excluding hydrogens is 436 g/mol. The second-order valence-corrected chi connectivity index (χ2v) is 21.6. The summed E-state index contributed by atoms with van der Waals surface area (Å²) >= 11 is 0. The molecule has 0 aromatic rings. The van der Waals surface area contributed by atoms with E-state index in [4.69, 9.17) is 8.85 Å². The molecule has 0 aliphatic heterocycles. The lowest BCUT2D eigenvalue weighted by atomic mass is 9.89. The summed E-state index contributed by atoms with van der Waals surface area (Å²) in [6.45, 7) is 27.7. The molecule has 0 spiro atoms. The SMILES string of the molecule is C=CC[C@@H]1C(CC[C@H](O[Si](C)(C)C(C)(C)C)C(C)CCCC)=CC[C@@H]1O[Si](CC)(CC)CC. The van der Waals surface area contributed by atoms with Gasteiger partial charge >= 0.3 is 0 Å². The molecule has 0 N–H and O–H groups in total. The van der Waals surface area contributed by atoms with Gasteiger partial charge in [-0.25, -0.2) is 0 Å². The van der Waals surface area contributed by atoms with Gasteiger partial charge in [-0.1, -0.05) is 86.0 Å². The molecular formula is C29H58O2Si2. The van der Waals surface area contributed by atoms with Crippen molar-refractivity contribution in [3.05, 3.63) is 24.3 Å². The Morgan fingerprint density at radius 1 is 1.09 bits per heavy atom. The van der Waals surface area contributed by atoms with Crippen LogP contribution in [-0.2, 0) is 8.85 Å². The molecule has 33 heavy (non-hydrogen) atoms. The summed E-state index contributed by atoms with van der Waals surface area (Å²) in [5, 5.41) is 0.251. The van der Waals surface area contributed by atoms with E-state index in [0.717, 1.165) is 25.7 Å². The van der Waals surface area contributed by atoms with Crippen LogP contribution in [-0.4, -0.2) is 28.8 Å². The second kappa shape index (κ2) is 13.8. The first-order valence-corrected chi connectivity index (χ1v) is 19.5. The lowest BCUT2D eigenvalue weighted by molar-refractivity contribution is 0.108. The smallest absolute Gasteiger partial charge is 0.192 e. The summed E-state index contributed by atoms with van der Waals surface area (Å²) in [5.41, 5.74) is 1.61. The van der Waals surface area contributed by atoms with Gasteiger partial charge in [0.2, 0.25) is 0 Å². The van der Waals surface area contributed by atoms with Crippen molar-refractivity contribution in [3.8, 4) is 0 Å². The number of rotatable bonds is 16. The van der Waals surface area contributed by atoms with E-state index in [0.29, 0.717) is 24.0 Å². The number of hydrogen-bond acceptors (Lipinski definition) is 2. The van der Waals surface area contributed by atoms with E-state index >= 15 is 0 Å². The summed E-state index contributed by atoms with van der Waals surface area (Å²) in [7, 11) is -3.39. The quantitative estimate of drug-likeness (QED) is 0.157. The van der Waals surface area contributed by atoms with Gasteiger partial charge in [0.1, 0.15) is 0 Å². The Balaban J connectivity index is 2.96. The van der Waals surface area contributed by atoms with Gasteiger partial charge in [0.25, 0.3) is 0 Å². The normalized spacial score (nSPS) is 21.7. The summed E-state index contributed by atoms with van der Waals surface area (Å²) in [6.07, 6.45) is 13.6. The summed E-state index contributed by atoms with van der Waals surface area (Å²) < 4.78 is 14.0. The van der Waals surface area contributed by atoms with E-state index in [1.807, 2.05) is 0 Å². The summed E-state index contributed by atoms with van der Waals surface area (Å²) in [4.78, 5) is 0. The molecule has 0 heterocycles. The largest absolute Gasteiger partial charge is 0.414 e. The van der Waals surface area contributed by atoms with E-state index in [2.05, 4.69) is 87.2 Å². The molecule has 0 fully saturated rings. The minimum absolute atomic E-state index is 0.251. The van der Waals surface area contributed by atoms with Crippen molar-refractivity contribution in [2.75, 3.05) is 0 Å². The third kappa shape index (κ3) is 8.77. The first kappa shape index (κ1) is 30.9. The molecule has 0 bridgehead atoms. The van der Waals surface area contributed by atoms with Crippen molar-refractivity contribution in [1.82, 2.24) is 0 Å². The van der Waals surface area contributed by atoms with Crippen LogP contribution in [0.5, 0.6) is 0 Å². The van der Waals surface area contributed by atoms with Crippen LogP contribution in [0.3, 0.4) is 0 Å². The highest BCUT2D eigenvalue weighted by Gasteiger charge is 2.41. The zero-order valence-corrected chi connectivity index (χ0v) is 26.1. The zero-order chi connectivity index (χ0) is 25.3. The van der Waals surface area contributed by atoms with Crippen molar-refractivity contribution < 1.29 is 8.85 Å². The van der Waals surface area contributed by atoms with E-state index in [1.165, 1.54) is 37.4 Å². The second-order valence-electron chi connectivity index (χ2n) is 12.1. The van der Waals surface area contributed by atoms with Crippen molar-refractivity contribution >= 4 is 16.6 Å². The van der Waals surface area contributed by atoms with Crippen molar-refractivity contribution in [1.29, 1.82) is 0 Å². The molecule has 0 saturated carbocycles. The molecule has 0 saturated heterocycles. The Morgan fingerprint density at radius 3 is 2.18 bits per heavy atom. The van der Waals surface area contributed by atoms with Crippen molar-refractivity contribution in [2.24, 2.45) is 11.8 Å². The van der Waals surface area contributed by atoms with Gasteiger partial charge in [-0.3, -0.25) is 0 Å². The average Bonchev–Trinajstić information content (AvgIpc) is 3.13. The molecule has 0 aromatic carbocycles. The lowest BCUT2D eigenvalue weighted by Crippen LogP contribution is -2.45. The lowest BCUT2D eigenvalue weighted by Gasteiger charge is -2.41. The van der Waals surface area contributed by atoms with Crippen LogP contribution < -0.4 is 0 Å². The van der Waals surface area contributed by atoms with Crippen LogP contribution in [0, 0.1) is 11.8 Å². The van der Waals surface area contributed by atoms with Crippen LogP contribution in [0.15, 0.2) is 24.3 Å². The highest BCUT2D eigenvalue weighted by molar-refractivity contribution is 6.74. The average molecular weight is 495 g/mol. The molecule has 0 amide bonds. The van der Waals surface area contributed by atoms with E-state index < -0.39 is 16.6 Å². The minimum Gasteiger partial charge on any atom is -0.414 e. The molecule has 0 aromatic heterocycles. The van der Waals surface area contributed by atoms with E-state index in [-0.39, 0.29) is 5.04 Å². The van der Waals surface area contributed by atoms with Gasteiger partial charge in [0.15, 0.2) is 16.6 Å². The topological polar surface area (TPSA) is 18.5 Å². The van der Waals surface area contributed by atoms with E-state index in [9.17, 15) is 0 Å². The third-order valence-corrected chi connectivity index (χ3v) is 18.1. The molecule has 1 unspecified atom stereocenters. The summed E-state index contributed by atoms with van der Waals surface area (Å²) in [5.74, 6) is 1.13. The predicted molar refractivity (Wildman–Crippen MR) is 153 cm³/mol. The first-order valence-electron chi connectivity index (χ1n) is 14.1. The maximum absolute atomic E-state index is 7.04. The molecule has 4 atom stereocenters. The van der Waals surface area contributed by atoms with Crippen LogP contribution >= 0.6 is 0 Å². The van der Waals surface area contributed by atoms with Crippen molar-refractivity contribution in [2.45, 2.75) is 149 Å². The number of hydrogen-bond donors (Lipinski definition) is 0. The fraction of sp³-hybridized carbons (Fsp3) is 0.862. The predicted octanol–water partition coefficient (Wildman–Crippen LogP) is 9.90. The van der Waals surface area contributed by atoms with E-state index in [1.54, 1.807) is 5.57 Å². The standard InChI is InChI=1S/C29H58O2Si2/c1-12-17-19-24(6)27(30-32(10,11)29(7,8)9)22-20-25-21-23-28(26(25)18-13-2)31-33(14-3,15-4)16-5/h13,21,24,26-28H,2,12,14-20,22-23H2,1,3-11H3/t24?,26-,27+,28+/m1/s1. The van der Waals surface area contributed by atoms with Gasteiger partial charge in [0, 0.05) is 12.0 Å². The third-order valence-electron chi connectivity index (χ3n) is 8.91. The maximum Gasteiger partial charge on any atom is 0.192 e. The highest BCUT2D eigenvalue weighted by atomic mass is 28.4. The van der Waals surface area contributed by atoms with Crippen LogP contribution in [0.4, 0.5) is 0 Å². The van der Waals surface area contributed by atoms with Gasteiger partial charge in [-0.2, -0.15) is 0 Å². The van der Waals surface area contributed by atoms with Crippen LogP contribution in [0.25, 0.3) is 0 Å². The van der Waals surface area contributed by atoms with Gasteiger partial charge in [-0.05, 0) is 74.3 Å². The fourth-order valence-electron chi connectivity index (χ4n) is 5.08. The molecule has 1 aliphatic carbocycles. The Morgan fingerprint density at radius 2 is 1.70 bits per heavy atom. The monoisotopic (exact) mass is 494 g/mol. The van der Waals surface area contributed by atoms with Crippen molar-refractivity contribution in [3.63, 3.8) is 0 Å². The molecule has 4 heteroatoms. The zero-order valence-electron chi connectivity index (χ0n) is 24.1. The number of allylic oxidation sites excluding steroid dienone is 1. The Bertz CT molecular complexity index is 593. The van der Waals surface area contributed by atoms with Crippen LogP contribution in [0.2, 0.25) is 36.3 Å². The van der Waals surface area contributed by atoms with Gasteiger partial charge in [0.05, 0.1) is 6.10 Å². The summed E-state index contributed by atoms with van der Waals surface area (Å²) in [6, 6.07) is 3.68. The van der Waals surface area contributed by atoms with Gasteiger partial charge < -0.3 is 8.85 Å². The fourth-order valence-corrected chi connectivity index (χ4v) is 9.44. The van der Waals surface area contributed by atoms with Gasteiger partial charge in [-0.15, -0.1) is 6.58 Å². The first-order chi connectivity index (χ1) is 15.4.